The van der Waals surface area contributed by atoms with Crippen molar-refractivity contribution >= 4 is 6.09 Å². The van der Waals surface area contributed by atoms with Gasteiger partial charge in [0.1, 0.15) is 5.75 Å². The molecule has 1 fully saturated rings. The third kappa shape index (κ3) is 2.33. The SMILES string of the molecule is Cc1cccc(C)c1OC(=O)NC1CNC1. The maximum absolute atomic E-state index is 11.6. The van der Waals surface area contributed by atoms with E-state index in [-0.39, 0.29) is 12.1 Å². The van der Waals surface area contributed by atoms with E-state index in [1.165, 1.54) is 0 Å². The number of benzene rings is 1. The van der Waals surface area contributed by atoms with E-state index in [1.54, 1.807) is 0 Å². The fourth-order valence-electron chi connectivity index (χ4n) is 1.64. The highest BCUT2D eigenvalue weighted by Gasteiger charge is 2.20. The highest BCUT2D eigenvalue weighted by Crippen LogP contribution is 2.22. The zero-order valence-corrected chi connectivity index (χ0v) is 9.54. The Balaban J connectivity index is 1.99. The molecule has 1 aromatic carbocycles. The first-order valence-electron chi connectivity index (χ1n) is 5.42. The maximum Gasteiger partial charge on any atom is 0.412 e. The number of hydrogen-bond donors (Lipinski definition) is 2. The second-order valence-electron chi connectivity index (χ2n) is 4.11. The van der Waals surface area contributed by atoms with Gasteiger partial charge >= 0.3 is 6.09 Å². The smallest absolute Gasteiger partial charge is 0.410 e. The van der Waals surface area contributed by atoms with E-state index >= 15 is 0 Å². The van der Waals surface area contributed by atoms with Crippen LogP contribution in [0, 0.1) is 13.8 Å². The van der Waals surface area contributed by atoms with E-state index in [9.17, 15) is 4.79 Å². The summed E-state index contributed by atoms with van der Waals surface area (Å²) in [5.74, 6) is 0.660. The van der Waals surface area contributed by atoms with Crippen molar-refractivity contribution in [2.45, 2.75) is 19.9 Å². The average molecular weight is 220 g/mol. The van der Waals surface area contributed by atoms with Gasteiger partial charge in [0.05, 0.1) is 6.04 Å². The molecule has 0 aromatic heterocycles. The maximum atomic E-state index is 11.6. The monoisotopic (exact) mass is 220 g/mol. The number of hydrogen-bond acceptors (Lipinski definition) is 3. The van der Waals surface area contributed by atoms with Crippen LogP contribution in [0.15, 0.2) is 18.2 Å². The Morgan fingerprint density at radius 3 is 2.50 bits per heavy atom. The molecule has 1 heterocycles. The van der Waals surface area contributed by atoms with Crippen LogP contribution in [0.25, 0.3) is 0 Å². The van der Waals surface area contributed by atoms with E-state index < -0.39 is 0 Å². The Kier molecular flexibility index (Phi) is 3.10. The van der Waals surface area contributed by atoms with Crippen LogP contribution in [0.4, 0.5) is 4.79 Å². The van der Waals surface area contributed by atoms with Gasteiger partial charge in [-0.2, -0.15) is 0 Å². The average Bonchev–Trinajstić information content (AvgIpc) is 2.18. The Hall–Kier alpha value is -1.55. The second kappa shape index (κ2) is 4.53. The van der Waals surface area contributed by atoms with Crippen LogP contribution >= 0.6 is 0 Å². The Labute approximate surface area is 95.0 Å². The first kappa shape index (κ1) is 11.0. The first-order valence-corrected chi connectivity index (χ1v) is 5.42. The number of carbonyl (C=O) groups is 1. The largest absolute Gasteiger partial charge is 0.412 e. The van der Waals surface area contributed by atoms with Crippen molar-refractivity contribution in [3.63, 3.8) is 0 Å². The van der Waals surface area contributed by atoms with E-state index in [0.717, 1.165) is 24.2 Å². The van der Waals surface area contributed by atoms with E-state index in [1.807, 2.05) is 32.0 Å². The van der Waals surface area contributed by atoms with Crippen molar-refractivity contribution in [2.24, 2.45) is 0 Å². The van der Waals surface area contributed by atoms with Gasteiger partial charge in [0.2, 0.25) is 0 Å². The molecule has 1 aliphatic rings. The van der Waals surface area contributed by atoms with Gasteiger partial charge in [-0.25, -0.2) is 4.79 Å². The van der Waals surface area contributed by atoms with Gasteiger partial charge in [-0.05, 0) is 25.0 Å². The lowest BCUT2D eigenvalue weighted by Crippen LogP contribution is -2.57. The van der Waals surface area contributed by atoms with Crippen molar-refractivity contribution in [1.29, 1.82) is 0 Å². The summed E-state index contributed by atoms with van der Waals surface area (Å²) >= 11 is 0. The molecule has 4 nitrogen and oxygen atoms in total. The van der Waals surface area contributed by atoms with Gasteiger partial charge in [0.15, 0.2) is 0 Å². The molecule has 1 amide bonds. The zero-order valence-electron chi connectivity index (χ0n) is 9.54. The fraction of sp³-hybridized carbons (Fsp3) is 0.417. The molecule has 0 unspecified atom stereocenters. The predicted molar refractivity (Wildman–Crippen MR) is 61.7 cm³/mol. The number of nitrogens with one attached hydrogen (secondary N) is 2. The Morgan fingerprint density at radius 2 is 2.00 bits per heavy atom. The molecule has 16 heavy (non-hydrogen) atoms. The minimum atomic E-state index is -0.371. The lowest BCUT2D eigenvalue weighted by molar-refractivity contribution is 0.190. The summed E-state index contributed by atoms with van der Waals surface area (Å²) in [4.78, 5) is 11.6. The zero-order chi connectivity index (χ0) is 11.5. The summed E-state index contributed by atoms with van der Waals surface area (Å²) in [7, 11) is 0. The first-order chi connectivity index (χ1) is 7.66. The lowest BCUT2D eigenvalue weighted by Gasteiger charge is -2.27. The van der Waals surface area contributed by atoms with Crippen LogP contribution in [0.2, 0.25) is 0 Å². The minimum Gasteiger partial charge on any atom is -0.410 e. The molecule has 1 saturated heterocycles. The van der Waals surface area contributed by atoms with Crippen LogP contribution in [-0.4, -0.2) is 25.2 Å². The number of aryl methyl sites for hydroxylation is 2. The molecule has 2 rings (SSSR count). The summed E-state index contributed by atoms with van der Waals surface area (Å²) < 4.78 is 5.30. The highest BCUT2D eigenvalue weighted by atomic mass is 16.6. The number of ether oxygens (including phenoxy) is 1. The van der Waals surface area contributed by atoms with Crippen molar-refractivity contribution < 1.29 is 9.53 Å². The molecule has 1 aliphatic heterocycles. The van der Waals surface area contributed by atoms with Crippen LogP contribution < -0.4 is 15.4 Å². The molecule has 2 N–H and O–H groups in total. The third-order valence-corrected chi connectivity index (χ3v) is 2.71. The van der Waals surface area contributed by atoms with Crippen molar-refractivity contribution in [2.75, 3.05) is 13.1 Å². The molecular weight excluding hydrogens is 204 g/mol. The summed E-state index contributed by atoms with van der Waals surface area (Å²) in [6, 6.07) is 6.02. The van der Waals surface area contributed by atoms with E-state index in [0.29, 0.717) is 5.75 Å². The summed E-state index contributed by atoms with van der Waals surface area (Å²) in [5, 5.41) is 5.88. The number of carbonyl (C=O) groups excluding carboxylic acids is 1. The number of para-hydroxylation sites is 1. The molecule has 0 spiro atoms. The molecular formula is C12H16N2O2. The van der Waals surface area contributed by atoms with Crippen LogP contribution in [0.5, 0.6) is 5.75 Å². The fourth-order valence-corrected chi connectivity index (χ4v) is 1.64. The minimum absolute atomic E-state index is 0.205. The number of amides is 1. The molecule has 0 radical (unpaired) electrons. The Morgan fingerprint density at radius 1 is 1.38 bits per heavy atom. The topological polar surface area (TPSA) is 50.4 Å². The summed E-state index contributed by atoms with van der Waals surface area (Å²) in [6.07, 6.45) is -0.371. The van der Waals surface area contributed by atoms with E-state index in [4.69, 9.17) is 4.74 Å². The lowest BCUT2D eigenvalue weighted by atomic mass is 10.1. The molecule has 0 bridgehead atoms. The van der Waals surface area contributed by atoms with Gasteiger partial charge in [0, 0.05) is 13.1 Å². The van der Waals surface area contributed by atoms with E-state index in [2.05, 4.69) is 10.6 Å². The summed E-state index contributed by atoms with van der Waals surface area (Å²) in [6.45, 7) is 5.50. The highest BCUT2D eigenvalue weighted by molar-refractivity contribution is 5.72. The summed E-state index contributed by atoms with van der Waals surface area (Å²) in [5.41, 5.74) is 1.95. The molecule has 86 valence electrons. The quantitative estimate of drug-likeness (QED) is 0.791. The third-order valence-electron chi connectivity index (χ3n) is 2.71. The molecule has 0 aliphatic carbocycles. The van der Waals surface area contributed by atoms with Gasteiger partial charge < -0.3 is 15.4 Å². The van der Waals surface area contributed by atoms with Crippen molar-refractivity contribution in [3.8, 4) is 5.75 Å². The Bertz CT molecular complexity index is 380. The van der Waals surface area contributed by atoms with Gasteiger partial charge in [-0.15, -0.1) is 0 Å². The molecule has 1 aromatic rings. The van der Waals surface area contributed by atoms with Crippen LogP contribution in [0.3, 0.4) is 0 Å². The van der Waals surface area contributed by atoms with Gasteiger partial charge in [0.25, 0.3) is 0 Å². The molecule has 4 heteroatoms. The van der Waals surface area contributed by atoms with Crippen LogP contribution in [0.1, 0.15) is 11.1 Å². The molecule has 0 atom stereocenters. The standard InChI is InChI=1S/C12H16N2O2/c1-8-4-3-5-9(2)11(8)16-12(15)14-10-6-13-7-10/h3-5,10,13H,6-7H2,1-2H3,(H,14,15). The van der Waals surface area contributed by atoms with Gasteiger partial charge in [-0.3, -0.25) is 0 Å². The predicted octanol–water partition coefficient (Wildman–Crippen LogP) is 1.36. The normalized spacial score (nSPS) is 15.4. The van der Waals surface area contributed by atoms with Crippen molar-refractivity contribution in [3.05, 3.63) is 29.3 Å². The van der Waals surface area contributed by atoms with Gasteiger partial charge in [-0.1, -0.05) is 18.2 Å². The second-order valence-corrected chi connectivity index (χ2v) is 4.11. The number of rotatable bonds is 2. The molecule has 0 saturated carbocycles. The van der Waals surface area contributed by atoms with Crippen molar-refractivity contribution in [1.82, 2.24) is 10.6 Å². The van der Waals surface area contributed by atoms with Crippen LogP contribution in [-0.2, 0) is 0 Å².